The Balaban J connectivity index is 2.52. The number of nitro groups is 1. The van der Waals surface area contributed by atoms with Gasteiger partial charge in [0.1, 0.15) is 0 Å². The zero-order valence-electron chi connectivity index (χ0n) is 9.09. The Morgan fingerprint density at radius 1 is 1.47 bits per heavy atom. The normalized spacial score (nSPS) is 9.65. The third-order valence-electron chi connectivity index (χ3n) is 1.78. The molecule has 0 saturated carbocycles. The maximum Gasteiger partial charge on any atom is 0.296 e. The van der Waals surface area contributed by atoms with E-state index < -0.39 is 17.4 Å². The molecule has 0 atom stereocenters. The van der Waals surface area contributed by atoms with Crippen LogP contribution in [0.3, 0.4) is 0 Å². The van der Waals surface area contributed by atoms with Gasteiger partial charge in [-0.05, 0) is 24.3 Å². The summed E-state index contributed by atoms with van der Waals surface area (Å²) in [5.74, 6) is 0.189. The Hall–Kier alpha value is -1.82. The lowest BCUT2D eigenvalue weighted by atomic mass is 10.3. The van der Waals surface area contributed by atoms with Gasteiger partial charge in [-0.15, -0.1) is 18.3 Å². The first kappa shape index (κ1) is 13.2. The molecule has 0 aliphatic carbocycles. The van der Waals surface area contributed by atoms with Gasteiger partial charge in [0.25, 0.3) is 12.5 Å². The fraction of sp³-hybridized carbons (Fsp3) is 0.182. The number of amides is 1. The van der Waals surface area contributed by atoms with E-state index in [1.165, 1.54) is 0 Å². The first-order valence-electron chi connectivity index (χ1n) is 4.87. The fourth-order valence-corrected chi connectivity index (χ4v) is 1.75. The standard InChI is InChI=1S/C11H12N2O3S/c1-2-7-17-10-5-3-9(4-6-10)12-11(14)8-13(15)16/h2-6H,1,7-8H2,(H,12,14). The number of hydrogen-bond acceptors (Lipinski definition) is 4. The van der Waals surface area contributed by atoms with Gasteiger partial charge >= 0.3 is 0 Å². The van der Waals surface area contributed by atoms with Crippen LogP contribution in [0.2, 0.25) is 0 Å². The van der Waals surface area contributed by atoms with Gasteiger partial charge in [-0.2, -0.15) is 0 Å². The molecule has 0 heterocycles. The first-order chi connectivity index (χ1) is 8.11. The van der Waals surface area contributed by atoms with Gasteiger partial charge in [0.05, 0.1) is 0 Å². The van der Waals surface area contributed by atoms with Crippen molar-refractivity contribution in [2.75, 3.05) is 17.6 Å². The van der Waals surface area contributed by atoms with Crippen molar-refractivity contribution >= 4 is 23.4 Å². The number of benzene rings is 1. The minimum atomic E-state index is -0.715. The van der Waals surface area contributed by atoms with Crippen molar-refractivity contribution in [3.63, 3.8) is 0 Å². The Bertz CT molecular complexity index is 417. The van der Waals surface area contributed by atoms with E-state index in [1.54, 1.807) is 30.0 Å². The van der Waals surface area contributed by atoms with E-state index in [4.69, 9.17) is 0 Å². The third kappa shape index (κ3) is 5.17. The van der Waals surface area contributed by atoms with E-state index in [0.29, 0.717) is 5.69 Å². The second-order valence-electron chi connectivity index (χ2n) is 3.16. The van der Waals surface area contributed by atoms with Crippen molar-refractivity contribution in [1.29, 1.82) is 0 Å². The molecule has 1 N–H and O–H groups in total. The van der Waals surface area contributed by atoms with Crippen LogP contribution >= 0.6 is 11.8 Å². The quantitative estimate of drug-likeness (QED) is 0.364. The molecule has 1 aromatic rings. The number of rotatable bonds is 6. The smallest absolute Gasteiger partial charge is 0.296 e. The van der Waals surface area contributed by atoms with Gasteiger partial charge in [0.15, 0.2) is 0 Å². The van der Waals surface area contributed by atoms with Crippen molar-refractivity contribution in [3.8, 4) is 0 Å². The third-order valence-corrected chi connectivity index (χ3v) is 2.79. The number of anilines is 1. The molecule has 90 valence electrons. The topological polar surface area (TPSA) is 72.2 Å². The molecule has 0 saturated heterocycles. The summed E-state index contributed by atoms with van der Waals surface area (Å²) in [6, 6.07) is 7.11. The average molecular weight is 252 g/mol. The Labute approximate surface area is 103 Å². The first-order valence-corrected chi connectivity index (χ1v) is 5.86. The Morgan fingerprint density at radius 3 is 2.65 bits per heavy atom. The van der Waals surface area contributed by atoms with Crippen LogP contribution in [0.5, 0.6) is 0 Å². The molecule has 0 aliphatic heterocycles. The molecular weight excluding hydrogens is 240 g/mol. The number of carbonyl (C=O) groups excluding carboxylic acids is 1. The van der Waals surface area contributed by atoms with E-state index in [-0.39, 0.29) is 0 Å². The molecule has 0 aliphatic rings. The largest absolute Gasteiger partial charge is 0.320 e. The van der Waals surface area contributed by atoms with Crippen LogP contribution in [-0.4, -0.2) is 23.1 Å². The van der Waals surface area contributed by atoms with E-state index in [1.807, 2.05) is 12.1 Å². The van der Waals surface area contributed by atoms with Crippen molar-refractivity contribution in [1.82, 2.24) is 0 Å². The summed E-state index contributed by atoms with van der Waals surface area (Å²) in [6.45, 7) is 2.90. The minimum Gasteiger partial charge on any atom is -0.320 e. The van der Waals surface area contributed by atoms with Crippen LogP contribution in [0.1, 0.15) is 0 Å². The van der Waals surface area contributed by atoms with Gasteiger partial charge in [-0.3, -0.25) is 14.9 Å². The van der Waals surface area contributed by atoms with Crippen LogP contribution in [0, 0.1) is 10.1 Å². The second-order valence-corrected chi connectivity index (χ2v) is 4.26. The summed E-state index contributed by atoms with van der Waals surface area (Å²) >= 11 is 1.62. The maximum absolute atomic E-state index is 11.1. The van der Waals surface area contributed by atoms with Gasteiger partial charge in [-0.1, -0.05) is 6.08 Å². The van der Waals surface area contributed by atoms with E-state index in [0.717, 1.165) is 10.6 Å². The molecule has 1 aromatic carbocycles. The fourth-order valence-electron chi connectivity index (χ4n) is 1.11. The summed E-state index contributed by atoms with van der Waals surface area (Å²) < 4.78 is 0. The zero-order chi connectivity index (χ0) is 12.7. The van der Waals surface area contributed by atoms with Crippen LogP contribution < -0.4 is 5.32 Å². The molecule has 6 heteroatoms. The lowest BCUT2D eigenvalue weighted by Gasteiger charge is -2.03. The predicted octanol–water partition coefficient (Wildman–Crippen LogP) is 2.18. The lowest BCUT2D eigenvalue weighted by molar-refractivity contribution is -0.467. The number of thioether (sulfide) groups is 1. The zero-order valence-corrected chi connectivity index (χ0v) is 9.90. The SMILES string of the molecule is C=CCSc1ccc(NC(=O)C[N+](=O)[O-])cc1. The minimum absolute atomic E-state index is 0.555. The molecule has 0 bridgehead atoms. The van der Waals surface area contributed by atoms with Gasteiger partial charge in [0, 0.05) is 21.3 Å². The van der Waals surface area contributed by atoms with Crippen molar-refractivity contribution in [3.05, 3.63) is 47.0 Å². The lowest BCUT2D eigenvalue weighted by Crippen LogP contribution is -2.21. The number of nitrogens with zero attached hydrogens (tertiary/aromatic N) is 1. The molecule has 0 fully saturated rings. The van der Waals surface area contributed by atoms with Crippen LogP contribution in [-0.2, 0) is 4.79 Å². The molecule has 17 heavy (non-hydrogen) atoms. The van der Waals surface area contributed by atoms with Gasteiger partial charge in [-0.25, -0.2) is 0 Å². The molecule has 1 rings (SSSR count). The molecule has 5 nitrogen and oxygen atoms in total. The highest BCUT2D eigenvalue weighted by Crippen LogP contribution is 2.20. The molecule has 0 spiro atoms. The molecular formula is C11H12N2O3S. The van der Waals surface area contributed by atoms with E-state index in [9.17, 15) is 14.9 Å². The highest BCUT2D eigenvalue weighted by atomic mass is 32.2. The summed E-state index contributed by atoms with van der Waals surface area (Å²) in [5.41, 5.74) is 0.555. The van der Waals surface area contributed by atoms with Gasteiger partial charge in [0.2, 0.25) is 0 Å². The van der Waals surface area contributed by atoms with Crippen molar-refractivity contribution in [2.24, 2.45) is 0 Å². The summed E-state index contributed by atoms with van der Waals surface area (Å²) in [6.07, 6.45) is 1.80. The highest BCUT2D eigenvalue weighted by Gasteiger charge is 2.08. The second kappa shape index (κ2) is 6.70. The summed E-state index contributed by atoms with van der Waals surface area (Å²) in [7, 11) is 0. The number of nitrogens with one attached hydrogen (secondary N) is 1. The Kier molecular flexibility index (Phi) is 5.22. The highest BCUT2D eigenvalue weighted by molar-refractivity contribution is 7.99. The molecule has 1 amide bonds. The number of hydrogen-bond donors (Lipinski definition) is 1. The van der Waals surface area contributed by atoms with Crippen LogP contribution in [0.4, 0.5) is 5.69 Å². The Morgan fingerprint density at radius 2 is 2.12 bits per heavy atom. The maximum atomic E-state index is 11.1. The monoisotopic (exact) mass is 252 g/mol. The average Bonchev–Trinajstić information content (AvgIpc) is 2.27. The van der Waals surface area contributed by atoms with E-state index in [2.05, 4.69) is 11.9 Å². The van der Waals surface area contributed by atoms with Gasteiger partial charge < -0.3 is 5.32 Å². The molecule has 0 aromatic heterocycles. The van der Waals surface area contributed by atoms with E-state index >= 15 is 0 Å². The molecule has 0 unspecified atom stereocenters. The summed E-state index contributed by atoms with van der Waals surface area (Å²) in [5, 5.41) is 12.6. The molecule has 0 radical (unpaired) electrons. The van der Waals surface area contributed by atoms with Crippen LogP contribution in [0.15, 0.2) is 41.8 Å². The van der Waals surface area contributed by atoms with Crippen LogP contribution in [0.25, 0.3) is 0 Å². The number of carbonyl (C=O) groups is 1. The van der Waals surface area contributed by atoms with Crippen molar-refractivity contribution in [2.45, 2.75) is 4.90 Å². The summed E-state index contributed by atoms with van der Waals surface area (Å²) in [4.78, 5) is 21.6. The van der Waals surface area contributed by atoms with Crippen molar-refractivity contribution < 1.29 is 9.72 Å². The predicted molar refractivity (Wildman–Crippen MR) is 67.9 cm³/mol.